The number of benzene rings is 1. The molecule has 2 nitrogen and oxygen atoms in total. The van der Waals surface area contributed by atoms with E-state index in [0.29, 0.717) is 6.04 Å². The summed E-state index contributed by atoms with van der Waals surface area (Å²) < 4.78 is 0. The lowest BCUT2D eigenvalue weighted by Gasteiger charge is -2.22. The Kier molecular flexibility index (Phi) is 5.51. The molecule has 0 aliphatic carbocycles. The first-order chi connectivity index (χ1) is 10.1. The van der Waals surface area contributed by atoms with Gasteiger partial charge in [-0.2, -0.15) is 0 Å². The fraction of sp³-hybridized carbons (Fsp3) is 0.421. The summed E-state index contributed by atoms with van der Waals surface area (Å²) in [7, 11) is 0. The fourth-order valence-electron chi connectivity index (χ4n) is 2.72. The second-order valence-corrected chi connectivity index (χ2v) is 5.87. The lowest BCUT2D eigenvalue weighted by atomic mass is 9.92. The molecule has 0 saturated carbocycles. The Balaban J connectivity index is 2.29. The van der Waals surface area contributed by atoms with E-state index in [1.54, 1.807) is 0 Å². The van der Waals surface area contributed by atoms with Gasteiger partial charge in [-0.15, -0.1) is 0 Å². The van der Waals surface area contributed by atoms with E-state index in [0.717, 1.165) is 19.4 Å². The predicted octanol–water partition coefficient (Wildman–Crippen LogP) is 4.29. The van der Waals surface area contributed by atoms with Gasteiger partial charge in [-0.3, -0.25) is 4.98 Å². The predicted molar refractivity (Wildman–Crippen MR) is 89.6 cm³/mol. The van der Waals surface area contributed by atoms with Gasteiger partial charge in [-0.05, 0) is 74.0 Å². The summed E-state index contributed by atoms with van der Waals surface area (Å²) in [4.78, 5) is 4.24. The van der Waals surface area contributed by atoms with Crippen molar-refractivity contribution in [3.63, 3.8) is 0 Å². The molecule has 0 aliphatic heterocycles. The van der Waals surface area contributed by atoms with E-state index in [9.17, 15) is 0 Å². The first-order valence-electron chi connectivity index (χ1n) is 7.81. The molecule has 0 spiro atoms. The third-order valence-corrected chi connectivity index (χ3v) is 4.06. The van der Waals surface area contributed by atoms with Crippen molar-refractivity contribution >= 4 is 0 Å². The Hall–Kier alpha value is -1.67. The third kappa shape index (κ3) is 4.15. The van der Waals surface area contributed by atoms with Crippen molar-refractivity contribution in [3.05, 3.63) is 64.5 Å². The summed E-state index contributed by atoms with van der Waals surface area (Å²) in [6.45, 7) is 9.84. The zero-order chi connectivity index (χ0) is 15.2. The van der Waals surface area contributed by atoms with Gasteiger partial charge in [0.1, 0.15) is 0 Å². The Labute approximate surface area is 128 Å². The molecule has 1 heterocycles. The number of rotatable bonds is 6. The maximum Gasteiger partial charge on any atom is 0.0364 e. The average molecular weight is 282 g/mol. The smallest absolute Gasteiger partial charge is 0.0364 e. The molecular weight excluding hydrogens is 256 g/mol. The SMILES string of the molecule is CCCNC(Cc1cccnc1)c1cc(C)c(C)cc1C. The van der Waals surface area contributed by atoms with Gasteiger partial charge >= 0.3 is 0 Å². The van der Waals surface area contributed by atoms with Crippen LogP contribution < -0.4 is 5.32 Å². The van der Waals surface area contributed by atoms with Gasteiger partial charge in [0.05, 0.1) is 0 Å². The molecule has 0 fully saturated rings. The highest BCUT2D eigenvalue weighted by atomic mass is 14.9. The number of nitrogens with zero attached hydrogens (tertiary/aromatic N) is 1. The van der Waals surface area contributed by atoms with Crippen LogP contribution in [0.25, 0.3) is 0 Å². The van der Waals surface area contributed by atoms with Gasteiger partial charge in [0.2, 0.25) is 0 Å². The summed E-state index contributed by atoms with van der Waals surface area (Å²) in [5.74, 6) is 0. The maximum atomic E-state index is 4.24. The molecule has 2 heteroatoms. The van der Waals surface area contributed by atoms with E-state index >= 15 is 0 Å². The normalized spacial score (nSPS) is 12.4. The minimum atomic E-state index is 0.355. The van der Waals surface area contributed by atoms with Crippen LogP contribution in [-0.2, 0) is 6.42 Å². The second kappa shape index (κ2) is 7.37. The molecule has 1 atom stereocenters. The highest BCUT2D eigenvalue weighted by molar-refractivity contribution is 5.39. The molecule has 0 bridgehead atoms. The van der Waals surface area contributed by atoms with Crippen molar-refractivity contribution in [2.75, 3.05) is 6.54 Å². The minimum Gasteiger partial charge on any atom is -0.310 e. The van der Waals surface area contributed by atoms with E-state index in [-0.39, 0.29) is 0 Å². The molecular formula is C19H26N2. The van der Waals surface area contributed by atoms with Crippen molar-refractivity contribution in [1.82, 2.24) is 10.3 Å². The fourth-order valence-corrected chi connectivity index (χ4v) is 2.72. The lowest BCUT2D eigenvalue weighted by Crippen LogP contribution is -2.25. The standard InChI is InChI=1S/C19H26N2/c1-5-8-21-19(12-17-7-6-9-20-13-17)18-11-15(3)14(2)10-16(18)4/h6-7,9-11,13,19,21H,5,8,12H2,1-4H3. The van der Waals surface area contributed by atoms with E-state index < -0.39 is 0 Å². The summed E-state index contributed by atoms with van der Waals surface area (Å²) in [5.41, 5.74) is 6.80. The number of hydrogen-bond acceptors (Lipinski definition) is 2. The lowest BCUT2D eigenvalue weighted by molar-refractivity contribution is 0.526. The van der Waals surface area contributed by atoms with Crippen LogP contribution in [0.1, 0.15) is 47.2 Å². The van der Waals surface area contributed by atoms with Gasteiger partial charge in [-0.1, -0.05) is 25.1 Å². The first-order valence-corrected chi connectivity index (χ1v) is 7.81. The van der Waals surface area contributed by atoms with Crippen LogP contribution in [0.15, 0.2) is 36.7 Å². The van der Waals surface area contributed by atoms with E-state index in [1.165, 1.54) is 27.8 Å². The maximum absolute atomic E-state index is 4.24. The monoisotopic (exact) mass is 282 g/mol. The van der Waals surface area contributed by atoms with E-state index in [1.807, 2.05) is 18.5 Å². The summed E-state index contributed by atoms with van der Waals surface area (Å²) in [6, 6.07) is 9.17. The van der Waals surface area contributed by atoms with E-state index in [2.05, 4.69) is 56.2 Å². The highest BCUT2D eigenvalue weighted by Gasteiger charge is 2.15. The molecule has 1 aromatic carbocycles. The van der Waals surface area contributed by atoms with E-state index in [4.69, 9.17) is 0 Å². The topological polar surface area (TPSA) is 24.9 Å². The van der Waals surface area contributed by atoms with Gasteiger partial charge in [0.15, 0.2) is 0 Å². The molecule has 1 unspecified atom stereocenters. The summed E-state index contributed by atoms with van der Waals surface area (Å²) in [6.07, 6.45) is 5.93. The van der Waals surface area contributed by atoms with Crippen molar-refractivity contribution in [1.29, 1.82) is 0 Å². The number of hydrogen-bond donors (Lipinski definition) is 1. The Morgan fingerprint density at radius 3 is 2.52 bits per heavy atom. The largest absolute Gasteiger partial charge is 0.310 e. The number of nitrogens with one attached hydrogen (secondary N) is 1. The van der Waals surface area contributed by atoms with Crippen LogP contribution in [0.3, 0.4) is 0 Å². The van der Waals surface area contributed by atoms with Crippen molar-refractivity contribution in [2.45, 2.75) is 46.6 Å². The Morgan fingerprint density at radius 1 is 1.10 bits per heavy atom. The molecule has 21 heavy (non-hydrogen) atoms. The molecule has 1 aromatic heterocycles. The highest BCUT2D eigenvalue weighted by Crippen LogP contribution is 2.24. The molecule has 2 rings (SSSR count). The van der Waals surface area contributed by atoms with Crippen LogP contribution in [-0.4, -0.2) is 11.5 Å². The van der Waals surface area contributed by atoms with Gasteiger partial charge in [0, 0.05) is 18.4 Å². The minimum absolute atomic E-state index is 0.355. The summed E-state index contributed by atoms with van der Waals surface area (Å²) >= 11 is 0. The third-order valence-electron chi connectivity index (χ3n) is 4.06. The Bertz CT molecular complexity index is 576. The van der Waals surface area contributed by atoms with Crippen molar-refractivity contribution in [2.24, 2.45) is 0 Å². The van der Waals surface area contributed by atoms with Crippen LogP contribution in [0.2, 0.25) is 0 Å². The molecule has 112 valence electrons. The van der Waals surface area contributed by atoms with Gasteiger partial charge in [0.25, 0.3) is 0 Å². The van der Waals surface area contributed by atoms with Crippen LogP contribution in [0, 0.1) is 20.8 Å². The molecule has 1 N–H and O–H groups in total. The Morgan fingerprint density at radius 2 is 1.86 bits per heavy atom. The van der Waals surface area contributed by atoms with Crippen LogP contribution in [0.5, 0.6) is 0 Å². The molecule has 2 aromatic rings. The van der Waals surface area contributed by atoms with Gasteiger partial charge in [-0.25, -0.2) is 0 Å². The zero-order valence-corrected chi connectivity index (χ0v) is 13.6. The number of aromatic nitrogens is 1. The quantitative estimate of drug-likeness (QED) is 0.855. The number of pyridine rings is 1. The first kappa shape index (κ1) is 15.7. The second-order valence-electron chi connectivity index (χ2n) is 5.87. The van der Waals surface area contributed by atoms with Crippen molar-refractivity contribution < 1.29 is 0 Å². The van der Waals surface area contributed by atoms with Gasteiger partial charge < -0.3 is 5.32 Å². The number of aryl methyl sites for hydroxylation is 3. The van der Waals surface area contributed by atoms with Crippen LogP contribution in [0.4, 0.5) is 0 Å². The summed E-state index contributed by atoms with van der Waals surface area (Å²) in [5, 5.41) is 3.69. The molecule has 0 aliphatic rings. The van der Waals surface area contributed by atoms with Crippen LogP contribution >= 0.6 is 0 Å². The average Bonchev–Trinajstić information content (AvgIpc) is 2.48. The molecule has 0 saturated heterocycles. The molecule has 0 amide bonds. The zero-order valence-electron chi connectivity index (χ0n) is 13.6. The van der Waals surface area contributed by atoms with Crippen molar-refractivity contribution in [3.8, 4) is 0 Å². The molecule has 0 radical (unpaired) electrons.